The van der Waals surface area contributed by atoms with E-state index in [4.69, 9.17) is 0 Å². The lowest BCUT2D eigenvalue weighted by Crippen LogP contribution is -2.18. The Morgan fingerprint density at radius 2 is 2.21 bits per heavy atom. The topological polar surface area (TPSA) is 20.2 Å². The molecular formula is C12H18OS. The van der Waals surface area contributed by atoms with Gasteiger partial charge in [-0.3, -0.25) is 0 Å². The molecule has 1 fully saturated rings. The van der Waals surface area contributed by atoms with Gasteiger partial charge < -0.3 is 5.11 Å². The molecule has 2 heteroatoms. The summed E-state index contributed by atoms with van der Waals surface area (Å²) < 4.78 is 0. The Bertz CT molecular complexity index is 249. The van der Waals surface area contributed by atoms with Crippen molar-refractivity contribution in [3.63, 3.8) is 0 Å². The molecule has 0 amide bonds. The van der Waals surface area contributed by atoms with Gasteiger partial charge in [0, 0.05) is 0 Å². The van der Waals surface area contributed by atoms with E-state index >= 15 is 0 Å². The Balaban J connectivity index is 1.74. The molecule has 0 radical (unpaired) electrons. The van der Waals surface area contributed by atoms with E-state index in [9.17, 15) is 5.11 Å². The quantitative estimate of drug-likeness (QED) is 0.809. The number of hydrogen-bond acceptors (Lipinski definition) is 2. The highest BCUT2D eigenvalue weighted by Crippen LogP contribution is 2.29. The fourth-order valence-electron chi connectivity index (χ4n) is 2.33. The molecule has 14 heavy (non-hydrogen) atoms. The highest BCUT2D eigenvalue weighted by molar-refractivity contribution is 7.07. The lowest BCUT2D eigenvalue weighted by Gasteiger charge is -2.16. The molecule has 0 bridgehead atoms. The maximum atomic E-state index is 9.95. The third-order valence-electron chi connectivity index (χ3n) is 3.25. The molecule has 1 aromatic rings. The summed E-state index contributed by atoms with van der Waals surface area (Å²) in [5.74, 6) is 0.591. The minimum atomic E-state index is -0.0580. The second kappa shape index (κ2) is 4.94. The highest BCUT2D eigenvalue weighted by Gasteiger charge is 2.22. The van der Waals surface area contributed by atoms with Crippen LogP contribution in [0.1, 0.15) is 37.7 Å². The molecule has 0 aliphatic heterocycles. The Hall–Kier alpha value is -0.340. The monoisotopic (exact) mass is 210 g/mol. The summed E-state index contributed by atoms with van der Waals surface area (Å²) in [5, 5.41) is 14.2. The van der Waals surface area contributed by atoms with E-state index in [-0.39, 0.29) is 6.10 Å². The lowest BCUT2D eigenvalue weighted by molar-refractivity contribution is 0.102. The molecule has 1 atom stereocenters. The van der Waals surface area contributed by atoms with Gasteiger partial charge in [0.1, 0.15) is 0 Å². The minimum Gasteiger partial charge on any atom is -0.393 e. The predicted molar refractivity (Wildman–Crippen MR) is 60.6 cm³/mol. The van der Waals surface area contributed by atoms with Crippen LogP contribution in [0, 0.1) is 5.92 Å². The second-order valence-corrected chi connectivity index (χ2v) is 5.06. The molecule has 2 rings (SSSR count). The van der Waals surface area contributed by atoms with Crippen molar-refractivity contribution in [2.75, 3.05) is 0 Å². The van der Waals surface area contributed by atoms with E-state index in [1.54, 1.807) is 11.3 Å². The molecule has 1 saturated carbocycles. The van der Waals surface area contributed by atoms with Crippen LogP contribution >= 0.6 is 11.3 Å². The summed E-state index contributed by atoms with van der Waals surface area (Å²) in [4.78, 5) is 0. The standard InChI is InChI=1S/C12H18OS/c13-12(11-3-1-2-4-11)6-5-10-7-8-14-9-10/h7-9,11-13H,1-6H2. The summed E-state index contributed by atoms with van der Waals surface area (Å²) in [6.45, 7) is 0. The third-order valence-corrected chi connectivity index (χ3v) is 3.98. The first-order valence-electron chi connectivity index (χ1n) is 5.55. The minimum absolute atomic E-state index is 0.0580. The summed E-state index contributed by atoms with van der Waals surface area (Å²) in [7, 11) is 0. The fraction of sp³-hybridized carbons (Fsp3) is 0.667. The van der Waals surface area contributed by atoms with Crippen molar-refractivity contribution < 1.29 is 5.11 Å². The van der Waals surface area contributed by atoms with Crippen LogP contribution in [-0.2, 0) is 6.42 Å². The number of aliphatic hydroxyl groups excluding tert-OH is 1. The van der Waals surface area contributed by atoms with Crippen LogP contribution in [-0.4, -0.2) is 11.2 Å². The molecule has 78 valence electrons. The van der Waals surface area contributed by atoms with Gasteiger partial charge in [-0.15, -0.1) is 0 Å². The van der Waals surface area contributed by atoms with E-state index in [0.29, 0.717) is 5.92 Å². The maximum Gasteiger partial charge on any atom is 0.0571 e. The van der Waals surface area contributed by atoms with Crippen LogP contribution in [0.5, 0.6) is 0 Å². The Morgan fingerprint density at radius 3 is 2.86 bits per heavy atom. The molecule has 1 nitrogen and oxygen atoms in total. The fourth-order valence-corrected chi connectivity index (χ4v) is 3.03. The Labute approximate surface area is 89.8 Å². The van der Waals surface area contributed by atoms with Gasteiger partial charge in [-0.1, -0.05) is 12.8 Å². The van der Waals surface area contributed by atoms with Crippen LogP contribution in [0.25, 0.3) is 0 Å². The van der Waals surface area contributed by atoms with Crippen molar-refractivity contribution >= 4 is 11.3 Å². The predicted octanol–water partition coefficient (Wildman–Crippen LogP) is 3.23. The molecule has 0 aromatic carbocycles. The molecule has 1 aliphatic rings. The van der Waals surface area contributed by atoms with Gasteiger partial charge in [0.05, 0.1) is 6.10 Å². The zero-order valence-corrected chi connectivity index (χ0v) is 9.30. The number of thiophene rings is 1. The average Bonchev–Trinajstić information content (AvgIpc) is 2.87. The largest absolute Gasteiger partial charge is 0.393 e. The molecule has 1 heterocycles. The molecule has 1 aliphatic carbocycles. The van der Waals surface area contributed by atoms with Gasteiger partial charge in [-0.25, -0.2) is 0 Å². The van der Waals surface area contributed by atoms with E-state index in [1.165, 1.54) is 31.2 Å². The molecule has 0 spiro atoms. The van der Waals surface area contributed by atoms with Crippen LogP contribution in [0.15, 0.2) is 16.8 Å². The summed E-state index contributed by atoms with van der Waals surface area (Å²) in [6.07, 6.45) is 7.05. The van der Waals surface area contributed by atoms with E-state index < -0.39 is 0 Å². The van der Waals surface area contributed by atoms with Crippen LogP contribution in [0.3, 0.4) is 0 Å². The number of hydrogen-bond donors (Lipinski definition) is 1. The molecule has 0 saturated heterocycles. The van der Waals surface area contributed by atoms with Crippen LogP contribution < -0.4 is 0 Å². The van der Waals surface area contributed by atoms with Gasteiger partial charge in [-0.2, -0.15) is 11.3 Å². The maximum absolute atomic E-state index is 9.95. The smallest absolute Gasteiger partial charge is 0.0571 e. The molecular weight excluding hydrogens is 192 g/mol. The number of aryl methyl sites for hydroxylation is 1. The lowest BCUT2D eigenvalue weighted by atomic mass is 9.96. The van der Waals surface area contributed by atoms with Crippen molar-refractivity contribution in [3.8, 4) is 0 Å². The van der Waals surface area contributed by atoms with E-state index in [2.05, 4.69) is 16.8 Å². The van der Waals surface area contributed by atoms with Gasteiger partial charge in [0.25, 0.3) is 0 Å². The number of aliphatic hydroxyl groups is 1. The first-order valence-corrected chi connectivity index (χ1v) is 6.49. The molecule has 1 aromatic heterocycles. The third kappa shape index (κ3) is 2.58. The van der Waals surface area contributed by atoms with Gasteiger partial charge >= 0.3 is 0 Å². The van der Waals surface area contributed by atoms with Crippen LogP contribution in [0.2, 0.25) is 0 Å². The van der Waals surface area contributed by atoms with Crippen molar-refractivity contribution in [2.45, 2.75) is 44.6 Å². The van der Waals surface area contributed by atoms with E-state index in [1.807, 2.05) is 0 Å². The van der Waals surface area contributed by atoms with E-state index in [0.717, 1.165) is 12.8 Å². The first-order chi connectivity index (χ1) is 6.86. The Morgan fingerprint density at radius 1 is 1.43 bits per heavy atom. The first kappa shape index (κ1) is 10.2. The zero-order valence-electron chi connectivity index (χ0n) is 8.48. The van der Waals surface area contributed by atoms with Crippen molar-refractivity contribution in [3.05, 3.63) is 22.4 Å². The Kier molecular flexibility index (Phi) is 3.60. The van der Waals surface area contributed by atoms with Crippen molar-refractivity contribution in [1.82, 2.24) is 0 Å². The SMILES string of the molecule is OC(CCc1ccsc1)C1CCCC1. The average molecular weight is 210 g/mol. The zero-order chi connectivity index (χ0) is 9.80. The van der Waals surface area contributed by atoms with Gasteiger partial charge in [0.15, 0.2) is 0 Å². The van der Waals surface area contributed by atoms with Crippen LogP contribution in [0.4, 0.5) is 0 Å². The summed E-state index contributed by atoms with van der Waals surface area (Å²) in [5.41, 5.74) is 1.38. The summed E-state index contributed by atoms with van der Waals surface area (Å²) >= 11 is 1.74. The van der Waals surface area contributed by atoms with Gasteiger partial charge in [0.2, 0.25) is 0 Å². The van der Waals surface area contributed by atoms with Crippen molar-refractivity contribution in [1.29, 1.82) is 0 Å². The van der Waals surface area contributed by atoms with Gasteiger partial charge in [-0.05, 0) is 54.0 Å². The normalized spacial score (nSPS) is 20.1. The second-order valence-electron chi connectivity index (χ2n) is 4.28. The molecule has 1 N–H and O–H groups in total. The number of rotatable bonds is 4. The summed E-state index contributed by atoms with van der Waals surface area (Å²) in [6, 6.07) is 2.16. The molecule has 1 unspecified atom stereocenters. The van der Waals surface area contributed by atoms with Crippen molar-refractivity contribution in [2.24, 2.45) is 5.92 Å². The highest BCUT2D eigenvalue weighted by atomic mass is 32.1.